The molecule has 0 atom stereocenters. The molecular weight excluding hydrogens is 326 g/mol. The zero-order chi connectivity index (χ0) is 14.3. The SMILES string of the molecule is C[C@]1(O)C[C@@H](n2c(=O)[nH]c3cc(OCCBr)cnc32)C1. The maximum absolute atomic E-state index is 12.0. The van der Waals surface area contributed by atoms with Crippen LogP contribution in [-0.2, 0) is 0 Å². The summed E-state index contributed by atoms with van der Waals surface area (Å²) in [6.45, 7) is 2.33. The highest BCUT2D eigenvalue weighted by Crippen LogP contribution is 2.41. The lowest BCUT2D eigenvalue weighted by atomic mass is 9.77. The van der Waals surface area contributed by atoms with Crippen molar-refractivity contribution in [2.24, 2.45) is 0 Å². The Morgan fingerprint density at radius 1 is 1.65 bits per heavy atom. The first-order valence-corrected chi connectivity index (χ1v) is 7.64. The molecule has 0 spiro atoms. The van der Waals surface area contributed by atoms with Crippen molar-refractivity contribution in [2.75, 3.05) is 11.9 Å². The van der Waals surface area contributed by atoms with Gasteiger partial charge in [-0.15, -0.1) is 0 Å². The Kier molecular flexibility index (Phi) is 3.33. The number of aromatic nitrogens is 3. The van der Waals surface area contributed by atoms with Crippen LogP contribution in [0.4, 0.5) is 0 Å². The van der Waals surface area contributed by atoms with Crippen molar-refractivity contribution >= 4 is 27.1 Å². The monoisotopic (exact) mass is 341 g/mol. The van der Waals surface area contributed by atoms with Crippen LogP contribution >= 0.6 is 15.9 Å². The Hall–Kier alpha value is -1.34. The molecule has 1 fully saturated rings. The predicted octanol–water partition coefficient (Wildman–Crippen LogP) is 1.58. The molecule has 0 amide bonds. The third-order valence-electron chi connectivity index (χ3n) is 3.59. The normalized spacial score (nSPS) is 25.6. The van der Waals surface area contributed by atoms with Gasteiger partial charge in [0.1, 0.15) is 5.75 Å². The second-order valence-corrected chi connectivity index (χ2v) is 6.23. The number of hydrogen-bond donors (Lipinski definition) is 2. The van der Waals surface area contributed by atoms with Crippen molar-refractivity contribution < 1.29 is 9.84 Å². The first-order valence-electron chi connectivity index (χ1n) is 6.51. The van der Waals surface area contributed by atoms with E-state index in [2.05, 4.69) is 25.9 Å². The van der Waals surface area contributed by atoms with Gasteiger partial charge in [0, 0.05) is 17.4 Å². The first-order chi connectivity index (χ1) is 9.50. The number of hydrogen-bond acceptors (Lipinski definition) is 4. The van der Waals surface area contributed by atoms with Gasteiger partial charge in [0.05, 0.1) is 23.9 Å². The standard InChI is InChI=1S/C13H16BrN3O3/c1-13(19)5-8(6-13)17-11-10(16-12(17)18)4-9(7-15-11)20-3-2-14/h4,7-8,19H,2-3,5-6H2,1H3,(H,16,18)/t8-,13+. The number of pyridine rings is 1. The molecule has 3 rings (SSSR count). The molecule has 2 aromatic heterocycles. The number of imidazole rings is 1. The van der Waals surface area contributed by atoms with Crippen LogP contribution in [0.3, 0.4) is 0 Å². The van der Waals surface area contributed by atoms with Crippen molar-refractivity contribution in [1.29, 1.82) is 0 Å². The van der Waals surface area contributed by atoms with Crippen LogP contribution in [0.15, 0.2) is 17.1 Å². The van der Waals surface area contributed by atoms with Gasteiger partial charge in [-0.2, -0.15) is 0 Å². The minimum atomic E-state index is -0.674. The van der Waals surface area contributed by atoms with Gasteiger partial charge in [-0.3, -0.25) is 4.57 Å². The van der Waals surface area contributed by atoms with Crippen LogP contribution in [0.2, 0.25) is 0 Å². The van der Waals surface area contributed by atoms with E-state index in [-0.39, 0.29) is 11.7 Å². The lowest BCUT2D eigenvalue weighted by molar-refractivity contribution is -0.0507. The van der Waals surface area contributed by atoms with Crippen LogP contribution in [0.5, 0.6) is 5.75 Å². The van der Waals surface area contributed by atoms with E-state index in [1.54, 1.807) is 23.8 Å². The van der Waals surface area contributed by atoms with Gasteiger partial charge in [0.25, 0.3) is 0 Å². The molecular formula is C13H16BrN3O3. The maximum Gasteiger partial charge on any atom is 0.327 e. The molecule has 2 N–H and O–H groups in total. The van der Waals surface area contributed by atoms with Crippen LogP contribution < -0.4 is 10.4 Å². The fourth-order valence-electron chi connectivity index (χ4n) is 2.71. The summed E-state index contributed by atoms with van der Waals surface area (Å²) >= 11 is 3.29. The summed E-state index contributed by atoms with van der Waals surface area (Å²) in [6, 6.07) is 1.78. The van der Waals surface area contributed by atoms with Gasteiger partial charge >= 0.3 is 5.69 Å². The second-order valence-electron chi connectivity index (χ2n) is 5.44. The minimum absolute atomic E-state index is 0.00746. The number of rotatable bonds is 4. The highest BCUT2D eigenvalue weighted by Gasteiger charge is 2.41. The van der Waals surface area contributed by atoms with Gasteiger partial charge in [0.15, 0.2) is 5.65 Å². The van der Waals surface area contributed by atoms with Gasteiger partial charge < -0.3 is 14.8 Å². The van der Waals surface area contributed by atoms with Gasteiger partial charge in [-0.05, 0) is 19.8 Å². The molecule has 0 aliphatic heterocycles. The Balaban J connectivity index is 1.94. The van der Waals surface area contributed by atoms with Crippen molar-refractivity contribution in [3.8, 4) is 5.75 Å². The molecule has 0 bridgehead atoms. The number of ether oxygens (including phenoxy) is 1. The van der Waals surface area contributed by atoms with Crippen molar-refractivity contribution in [1.82, 2.24) is 14.5 Å². The Bertz CT molecular complexity index is 684. The highest BCUT2D eigenvalue weighted by molar-refractivity contribution is 9.09. The van der Waals surface area contributed by atoms with Crippen LogP contribution in [-0.4, -0.2) is 37.2 Å². The van der Waals surface area contributed by atoms with E-state index in [4.69, 9.17) is 4.74 Å². The summed E-state index contributed by atoms with van der Waals surface area (Å²) in [6.07, 6.45) is 2.76. The van der Waals surface area contributed by atoms with E-state index in [9.17, 15) is 9.90 Å². The van der Waals surface area contributed by atoms with Crippen molar-refractivity contribution in [2.45, 2.75) is 31.4 Å². The van der Waals surface area contributed by atoms with E-state index in [0.717, 1.165) is 5.33 Å². The summed E-state index contributed by atoms with van der Waals surface area (Å²) in [5.74, 6) is 0.631. The minimum Gasteiger partial charge on any atom is -0.491 e. The molecule has 108 valence electrons. The number of aliphatic hydroxyl groups is 1. The molecule has 1 aliphatic carbocycles. The third-order valence-corrected chi connectivity index (χ3v) is 3.92. The summed E-state index contributed by atoms with van der Waals surface area (Å²) in [4.78, 5) is 19.2. The van der Waals surface area contributed by atoms with Gasteiger partial charge in [0.2, 0.25) is 0 Å². The molecule has 2 heterocycles. The lowest BCUT2D eigenvalue weighted by Gasteiger charge is -2.41. The Morgan fingerprint density at radius 3 is 3.05 bits per heavy atom. The fraction of sp³-hybridized carbons (Fsp3) is 0.538. The molecule has 2 aromatic rings. The first kappa shape index (κ1) is 13.6. The Labute approximate surface area is 123 Å². The van der Waals surface area contributed by atoms with Gasteiger partial charge in [-0.1, -0.05) is 15.9 Å². The maximum atomic E-state index is 12.0. The molecule has 1 aliphatic rings. The summed E-state index contributed by atoms with van der Waals surface area (Å²) < 4.78 is 7.09. The third kappa shape index (κ3) is 2.35. The quantitative estimate of drug-likeness (QED) is 0.827. The van der Waals surface area contributed by atoms with Crippen molar-refractivity contribution in [3.05, 3.63) is 22.7 Å². The smallest absolute Gasteiger partial charge is 0.327 e. The fourth-order valence-corrected chi connectivity index (χ4v) is 2.87. The van der Waals surface area contributed by atoms with Crippen LogP contribution in [0, 0.1) is 0 Å². The van der Waals surface area contributed by atoms with E-state index < -0.39 is 5.60 Å². The average molecular weight is 342 g/mol. The number of halogens is 1. The molecule has 1 saturated carbocycles. The largest absolute Gasteiger partial charge is 0.491 e. The van der Waals surface area contributed by atoms with E-state index in [1.807, 2.05) is 0 Å². The van der Waals surface area contributed by atoms with Gasteiger partial charge in [-0.25, -0.2) is 9.78 Å². The topological polar surface area (TPSA) is 80.1 Å². The van der Waals surface area contributed by atoms with E-state index in [1.165, 1.54) is 0 Å². The number of alkyl halides is 1. The summed E-state index contributed by atoms with van der Waals surface area (Å²) in [5.41, 5.74) is 0.410. The molecule has 0 aromatic carbocycles. The number of nitrogens with one attached hydrogen (secondary N) is 1. The van der Waals surface area contributed by atoms with E-state index >= 15 is 0 Å². The summed E-state index contributed by atoms with van der Waals surface area (Å²) in [7, 11) is 0. The number of H-pyrrole nitrogens is 1. The molecule has 6 nitrogen and oxygen atoms in total. The Morgan fingerprint density at radius 2 is 2.40 bits per heavy atom. The van der Waals surface area contributed by atoms with Crippen LogP contribution in [0.25, 0.3) is 11.2 Å². The summed E-state index contributed by atoms with van der Waals surface area (Å²) in [5, 5.41) is 10.6. The second kappa shape index (κ2) is 4.89. The highest BCUT2D eigenvalue weighted by atomic mass is 79.9. The lowest BCUT2D eigenvalue weighted by Crippen LogP contribution is -2.44. The average Bonchev–Trinajstić information content (AvgIpc) is 2.68. The predicted molar refractivity (Wildman–Crippen MR) is 78.5 cm³/mol. The molecule has 0 radical (unpaired) electrons. The van der Waals surface area contributed by atoms with Crippen molar-refractivity contribution in [3.63, 3.8) is 0 Å². The molecule has 7 heteroatoms. The molecule has 0 saturated heterocycles. The molecule has 0 unspecified atom stereocenters. The van der Waals surface area contributed by atoms with E-state index in [0.29, 0.717) is 36.4 Å². The zero-order valence-corrected chi connectivity index (χ0v) is 12.7. The van der Waals surface area contributed by atoms with Crippen LogP contribution in [0.1, 0.15) is 25.8 Å². The number of aromatic amines is 1. The molecule has 20 heavy (non-hydrogen) atoms. The number of nitrogens with zero attached hydrogens (tertiary/aromatic N) is 2. The number of fused-ring (bicyclic) bond motifs is 1. The zero-order valence-electron chi connectivity index (χ0n) is 11.1.